The van der Waals surface area contributed by atoms with Gasteiger partial charge in [-0.3, -0.25) is 9.69 Å². The van der Waals surface area contributed by atoms with Crippen molar-refractivity contribution in [1.82, 2.24) is 4.90 Å². The molecule has 24 heavy (non-hydrogen) atoms. The van der Waals surface area contributed by atoms with Crippen LogP contribution in [0.25, 0.3) is 0 Å². The molecular weight excluding hydrogens is 320 g/mol. The summed E-state index contributed by atoms with van der Waals surface area (Å²) in [6, 6.07) is 10.9. The first-order valence-corrected chi connectivity index (χ1v) is 9.27. The molecule has 2 unspecified atom stereocenters. The lowest BCUT2D eigenvalue weighted by Crippen LogP contribution is -2.41. The maximum Gasteiger partial charge on any atom is 0.307 e. The molecule has 0 bridgehead atoms. The van der Waals surface area contributed by atoms with E-state index in [1.54, 1.807) is 11.3 Å². The zero-order chi connectivity index (χ0) is 17.1. The Labute approximate surface area is 147 Å². The zero-order valence-corrected chi connectivity index (χ0v) is 15.0. The van der Waals surface area contributed by atoms with Gasteiger partial charge in [-0.05, 0) is 59.5 Å². The first-order chi connectivity index (χ1) is 11.6. The fraction of sp³-hybridized carbons (Fsp3) is 0.421. The number of aliphatic carboxylic acids is 1. The van der Waals surface area contributed by atoms with Gasteiger partial charge in [0.25, 0.3) is 0 Å². The van der Waals surface area contributed by atoms with Crippen molar-refractivity contribution in [3.05, 3.63) is 52.2 Å². The number of rotatable bonds is 5. The molecule has 3 rings (SSSR count). The van der Waals surface area contributed by atoms with Gasteiger partial charge in [0.15, 0.2) is 0 Å². The Hall–Kier alpha value is -1.85. The number of carboxylic acids is 1. The molecule has 2 atom stereocenters. The summed E-state index contributed by atoms with van der Waals surface area (Å²) >= 11 is 1.69. The zero-order valence-electron chi connectivity index (χ0n) is 14.2. The van der Waals surface area contributed by atoms with Crippen molar-refractivity contribution in [2.24, 2.45) is 5.92 Å². The van der Waals surface area contributed by atoms with Gasteiger partial charge in [-0.15, -0.1) is 0 Å². The third kappa shape index (κ3) is 3.62. The van der Waals surface area contributed by atoms with Crippen LogP contribution in [0.1, 0.15) is 30.0 Å². The average Bonchev–Trinajstić information content (AvgIpc) is 3.10. The molecule has 0 aliphatic carbocycles. The van der Waals surface area contributed by atoms with Crippen molar-refractivity contribution in [2.45, 2.75) is 18.9 Å². The van der Waals surface area contributed by atoms with Gasteiger partial charge < -0.3 is 10.0 Å². The third-order valence-corrected chi connectivity index (χ3v) is 5.45. The van der Waals surface area contributed by atoms with E-state index in [1.165, 1.54) is 16.8 Å². The fourth-order valence-electron chi connectivity index (χ4n) is 3.44. The largest absolute Gasteiger partial charge is 0.481 e. The predicted molar refractivity (Wildman–Crippen MR) is 98.9 cm³/mol. The Balaban J connectivity index is 1.91. The summed E-state index contributed by atoms with van der Waals surface area (Å²) in [4.78, 5) is 15.9. The van der Waals surface area contributed by atoms with E-state index < -0.39 is 5.97 Å². The van der Waals surface area contributed by atoms with Crippen molar-refractivity contribution in [2.75, 3.05) is 32.1 Å². The highest BCUT2D eigenvalue weighted by Crippen LogP contribution is 2.34. The number of hydrogen-bond donors (Lipinski definition) is 1. The number of carbonyl (C=O) groups is 1. The predicted octanol–water partition coefficient (Wildman–Crippen LogP) is 3.70. The summed E-state index contributed by atoms with van der Waals surface area (Å²) in [6.07, 6.45) is 1.72. The highest BCUT2D eigenvalue weighted by Gasteiger charge is 2.31. The highest BCUT2D eigenvalue weighted by atomic mass is 32.1. The van der Waals surface area contributed by atoms with Gasteiger partial charge in [0, 0.05) is 26.3 Å². The molecule has 0 spiro atoms. The molecule has 1 fully saturated rings. The summed E-state index contributed by atoms with van der Waals surface area (Å²) in [5.41, 5.74) is 3.65. The Morgan fingerprint density at radius 1 is 1.25 bits per heavy atom. The van der Waals surface area contributed by atoms with E-state index in [-0.39, 0.29) is 12.0 Å². The quantitative estimate of drug-likeness (QED) is 0.898. The van der Waals surface area contributed by atoms with Gasteiger partial charge in [-0.25, -0.2) is 0 Å². The Morgan fingerprint density at radius 2 is 2.00 bits per heavy atom. The molecule has 1 aliphatic rings. The monoisotopic (exact) mass is 344 g/mol. The van der Waals surface area contributed by atoms with Crippen LogP contribution in [0.2, 0.25) is 0 Å². The smallest absolute Gasteiger partial charge is 0.307 e. The lowest BCUT2D eigenvalue weighted by atomic mass is 9.92. The molecule has 2 heterocycles. The average molecular weight is 344 g/mol. The molecule has 1 saturated heterocycles. The van der Waals surface area contributed by atoms with E-state index in [0.717, 1.165) is 19.4 Å². The number of anilines is 1. The Morgan fingerprint density at radius 3 is 2.58 bits per heavy atom. The molecule has 1 aliphatic heterocycles. The lowest BCUT2D eigenvalue weighted by Gasteiger charge is -2.37. The number of benzene rings is 1. The Kier molecular flexibility index (Phi) is 5.21. The van der Waals surface area contributed by atoms with Gasteiger partial charge in [0.2, 0.25) is 0 Å². The van der Waals surface area contributed by atoms with Gasteiger partial charge >= 0.3 is 5.97 Å². The lowest BCUT2D eigenvalue weighted by molar-refractivity contribution is -0.143. The Bertz CT molecular complexity index is 667. The van der Waals surface area contributed by atoms with Crippen LogP contribution in [0.15, 0.2) is 41.1 Å². The van der Waals surface area contributed by atoms with Crippen molar-refractivity contribution in [3.8, 4) is 0 Å². The fourth-order valence-corrected chi connectivity index (χ4v) is 4.12. The van der Waals surface area contributed by atoms with E-state index in [2.05, 4.69) is 50.9 Å². The van der Waals surface area contributed by atoms with E-state index >= 15 is 0 Å². The molecule has 1 N–H and O–H groups in total. The normalized spacial score (nSPS) is 19.8. The number of thiophene rings is 1. The summed E-state index contributed by atoms with van der Waals surface area (Å²) in [6.45, 7) is 1.56. The minimum atomic E-state index is -0.674. The van der Waals surface area contributed by atoms with Gasteiger partial charge in [0.05, 0.1) is 12.0 Å². The molecule has 2 aromatic rings. The van der Waals surface area contributed by atoms with Crippen molar-refractivity contribution >= 4 is 23.0 Å². The standard InChI is InChI=1S/C19H24N2O2S/c1-20(2)17-7-5-14(6-8-17)18(16-9-11-24-13-16)21-10-3-4-15(12-21)19(22)23/h5-9,11,13,15,18H,3-4,10,12H2,1-2H3,(H,22,23). The molecule has 1 aromatic heterocycles. The molecule has 4 nitrogen and oxygen atoms in total. The van der Waals surface area contributed by atoms with Crippen LogP contribution in [0.5, 0.6) is 0 Å². The van der Waals surface area contributed by atoms with E-state index in [4.69, 9.17) is 0 Å². The number of carboxylic acid groups (broad SMARTS) is 1. The topological polar surface area (TPSA) is 43.8 Å². The maximum absolute atomic E-state index is 11.4. The van der Waals surface area contributed by atoms with Gasteiger partial charge in [-0.2, -0.15) is 11.3 Å². The summed E-state index contributed by atoms with van der Waals surface area (Å²) in [7, 11) is 4.07. The minimum Gasteiger partial charge on any atom is -0.481 e. The second-order valence-electron chi connectivity index (χ2n) is 6.62. The van der Waals surface area contributed by atoms with Crippen molar-refractivity contribution < 1.29 is 9.90 Å². The van der Waals surface area contributed by atoms with Crippen molar-refractivity contribution in [1.29, 1.82) is 0 Å². The van der Waals surface area contributed by atoms with Crippen LogP contribution < -0.4 is 4.90 Å². The highest BCUT2D eigenvalue weighted by molar-refractivity contribution is 7.08. The summed E-state index contributed by atoms with van der Waals surface area (Å²) < 4.78 is 0. The van der Waals surface area contributed by atoms with E-state index in [9.17, 15) is 9.90 Å². The first kappa shape index (κ1) is 17.0. The van der Waals surface area contributed by atoms with Crippen LogP contribution in [0.3, 0.4) is 0 Å². The SMILES string of the molecule is CN(C)c1ccc(C(c2ccsc2)N2CCCC(C(=O)O)C2)cc1. The molecular formula is C19H24N2O2S. The molecule has 0 radical (unpaired) electrons. The first-order valence-electron chi connectivity index (χ1n) is 8.32. The summed E-state index contributed by atoms with van der Waals surface area (Å²) in [5.74, 6) is -0.937. The molecule has 0 amide bonds. The maximum atomic E-state index is 11.4. The summed E-state index contributed by atoms with van der Waals surface area (Å²) in [5, 5.41) is 13.7. The van der Waals surface area contributed by atoms with Gasteiger partial charge in [0.1, 0.15) is 0 Å². The second-order valence-corrected chi connectivity index (χ2v) is 7.40. The minimum absolute atomic E-state index is 0.134. The molecule has 0 saturated carbocycles. The number of nitrogens with zero attached hydrogens (tertiary/aromatic N) is 2. The molecule has 128 valence electrons. The second kappa shape index (κ2) is 7.36. The van der Waals surface area contributed by atoms with Crippen LogP contribution in [-0.2, 0) is 4.79 Å². The van der Waals surface area contributed by atoms with E-state index in [0.29, 0.717) is 6.54 Å². The van der Waals surface area contributed by atoms with Gasteiger partial charge in [-0.1, -0.05) is 12.1 Å². The van der Waals surface area contributed by atoms with E-state index in [1.807, 2.05) is 14.1 Å². The van der Waals surface area contributed by atoms with Crippen LogP contribution in [0.4, 0.5) is 5.69 Å². The number of hydrogen-bond acceptors (Lipinski definition) is 4. The van der Waals surface area contributed by atoms with Crippen molar-refractivity contribution in [3.63, 3.8) is 0 Å². The van der Waals surface area contributed by atoms with Crippen LogP contribution in [0, 0.1) is 5.92 Å². The molecule has 5 heteroatoms. The number of likely N-dealkylation sites (tertiary alicyclic amines) is 1. The van der Waals surface area contributed by atoms with Crippen LogP contribution in [-0.4, -0.2) is 43.2 Å². The molecule has 1 aromatic carbocycles. The third-order valence-electron chi connectivity index (χ3n) is 4.75. The number of piperidine rings is 1. The van der Waals surface area contributed by atoms with Crippen LogP contribution >= 0.6 is 11.3 Å².